The second kappa shape index (κ2) is 21.0. The molecule has 3 radical (unpaired) electrons. The molecule has 0 fully saturated rings. The second-order valence-electron chi connectivity index (χ2n) is 2.17. The average molecular weight is 808 g/mol. The normalized spacial score (nSPS) is 10.4. The van der Waals surface area contributed by atoms with Crippen LogP contribution in [0.25, 0.3) is 0 Å². The van der Waals surface area contributed by atoms with E-state index < -0.39 is 36.2 Å². The van der Waals surface area contributed by atoms with Crippen molar-refractivity contribution in [3.63, 3.8) is 0 Å². The molecule has 0 spiro atoms. The molecule has 23 heavy (non-hydrogen) atoms. The van der Waals surface area contributed by atoms with Crippen molar-refractivity contribution in [3.05, 3.63) is 0 Å². The molecular weight excluding hydrogens is 801 g/mol. The third-order valence-electron chi connectivity index (χ3n) is 0. The Kier molecular flexibility index (Phi) is 41.8. The molecule has 0 aliphatic carbocycles. The van der Waals surface area contributed by atoms with E-state index >= 15 is 0 Å². The van der Waals surface area contributed by atoms with E-state index in [1.807, 2.05) is 0 Å². The van der Waals surface area contributed by atoms with Crippen LogP contribution >= 0.6 is 0 Å². The molecule has 0 saturated heterocycles. The van der Waals surface area contributed by atoms with Gasteiger partial charge in [-0.2, -0.15) is 0 Å². The fourth-order valence-corrected chi connectivity index (χ4v) is 0. The fourth-order valence-electron chi connectivity index (χ4n) is 0. The molecule has 131 valence electrons. The smallest absolute Gasteiger partial charge is 0.894 e. The molecule has 0 saturated carbocycles. The zero-order chi connectivity index (χ0) is 18.0. The van der Waals surface area contributed by atoms with Gasteiger partial charge in [-0.25, -0.2) is 0 Å². The summed E-state index contributed by atoms with van der Waals surface area (Å²) in [7, 11) is -20.7. The topological polar surface area (TPSA) is 349 Å². The van der Waals surface area contributed by atoms with Crippen molar-refractivity contribution < 1.29 is 199 Å². The largest absolute Gasteiger partial charge is 3.00 e. The average Bonchev–Trinajstić information content (AvgIpc) is 1.62. The van der Waals surface area contributed by atoms with Gasteiger partial charge in [-0.1, -0.05) is 0 Å². The van der Waals surface area contributed by atoms with Gasteiger partial charge >= 0.3 is 141 Å². The van der Waals surface area contributed by atoms with Crippen LogP contribution in [-0.2, 0) is 0 Å². The van der Waals surface area contributed by atoms with Gasteiger partial charge in [-0.3, -0.25) is 0 Å². The standard InChI is InChI=1S/3Nd.H4O4Si.H3O4Si.2O4Si/c;;;4*1-5(2,3)4/h;;;1-4H;1-3H;;/q3*+3;;-1;2*-4. The Labute approximate surface area is 231 Å². The molecule has 0 bridgehead atoms. The Bertz CT molecular complexity index is 137. The van der Waals surface area contributed by atoms with Crippen LogP contribution < -0.4 is 43.2 Å². The molecule has 23 heteroatoms. The van der Waals surface area contributed by atoms with Crippen LogP contribution in [0.4, 0.5) is 0 Å². The first-order chi connectivity index (χ1) is 8.00. The van der Waals surface area contributed by atoms with Crippen LogP contribution in [0.5, 0.6) is 0 Å². The van der Waals surface area contributed by atoms with Gasteiger partial charge in [0.05, 0.1) is 0 Å². The monoisotopic (exact) mass is 801 g/mol. The summed E-state index contributed by atoms with van der Waals surface area (Å²) in [6.07, 6.45) is 0. The van der Waals surface area contributed by atoms with Gasteiger partial charge < -0.3 is 94.8 Å². The van der Waals surface area contributed by atoms with Crippen molar-refractivity contribution >= 4 is 36.2 Å². The molecule has 0 aromatic heterocycles. The molecule has 0 aliphatic heterocycles. The minimum Gasteiger partial charge on any atom is -0.894 e. The summed E-state index contributed by atoms with van der Waals surface area (Å²) < 4.78 is 0. The summed E-state index contributed by atoms with van der Waals surface area (Å²) >= 11 is 0. The van der Waals surface area contributed by atoms with Crippen molar-refractivity contribution in [3.8, 4) is 0 Å². The van der Waals surface area contributed by atoms with E-state index in [1.54, 1.807) is 0 Å². The second-order valence-corrected chi connectivity index (χ2v) is 6.52. The van der Waals surface area contributed by atoms with Gasteiger partial charge in [-0.05, 0) is 0 Å². The zero-order valence-electron chi connectivity index (χ0n) is 10.3. The summed E-state index contributed by atoms with van der Waals surface area (Å²) in [4.78, 5) is 128. The van der Waals surface area contributed by atoms with E-state index in [-0.39, 0.29) is 123 Å². The van der Waals surface area contributed by atoms with Gasteiger partial charge in [-0.15, -0.1) is 0 Å². The summed E-state index contributed by atoms with van der Waals surface area (Å²) in [5.74, 6) is 0. The maximum atomic E-state index is 8.91. The van der Waals surface area contributed by atoms with Gasteiger partial charge in [0.15, 0.2) is 0 Å². The predicted octanol–water partition coefficient (Wildman–Crippen LogP) is -16.1. The summed E-state index contributed by atoms with van der Waals surface area (Å²) in [5.41, 5.74) is 0. The molecule has 0 unspecified atom stereocenters. The molecule has 0 aromatic carbocycles. The minimum atomic E-state index is -5.61. The molecule has 0 aromatic rings. The van der Waals surface area contributed by atoms with E-state index in [4.69, 9.17) is 76.7 Å². The SMILES string of the molecule is O[Si](O)(O)O.[Nd+3].[Nd+3].[Nd+3].[O-][Si](O)(O)O.[O-][Si]([O-])([O-])[O-].[O-][Si]([O-])([O-])[O-]. The first kappa shape index (κ1) is 45.8. The van der Waals surface area contributed by atoms with Crippen molar-refractivity contribution in [1.82, 2.24) is 0 Å². The van der Waals surface area contributed by atoms with Crippen LogP contribution in [0.15, 0.2) is 0 Å². The molecule has 0 aliphatic rings. The van der Waals surface area contributed by atoms with Crippen LogP contribution in [0, 0.1) is 123 Å². The van der Waals surface area contributed by atoms with Gasteiger partial charge in [0, 0.05) is 0 Å². The zero-order valence-corrected chi connectivity index (χ0v) is 23.9. The molecule has 0 atom stereocenters. The van der Waals surface area contributed by atoms with Crippen molar-refractivity contribution in [2.45, 2.75) is 0 Å². The van der Waals surface area contributed by atoms with Gasteiger partial charge in [0.25, 0.3) is 0 Å². The molecule has 0 rings (SSSR count). The number of hydrogen-bond donors (Lipinski definition) is 7. The Morgan fingerprint density at radius 2 is 0.391 bits per heavy atom. The maximum absolute atomic E-state index is 8.91. The predicted molar refractivity (Wildman–Crippen MR) is 38.5 cm³/mol. The van der Waals surface area contributed by atoms with E-state index in [9.17, 15) is 0 Å². The van der Waals surface area contributed by atoms with E-state index in [2.05, 4.69) is 0 Å². The first-order valence-corrected chi connectivity index (χ1v) is 10.2. The number of hydrogen-bond acceptors (Lipinski definition) is 16. The van der Waals surface area contributed by atoms with Gasteiger partial charge in [0.2, 0.25) is 0 Å². The summed E-state index contributed by atoms with van der Waals surface area (Å²) in [6, 6.07) is 0. The Hall–Kier alpha value is 4.28. The van der Waals surface area contributed by atoms with E-state index in [1.165, 1.54) is 0 Å². The van der Waals surface area contributed by atoms with Crippen LogP contribution in [-0.4, -0.2) is 69.8 Å². The van der Waals surface area contributed by atoms with Gasteiger partial charge in [0.1, 0.15) is 0 Å². The maximum Gasteiger partial charge on any atom is 3.00 e. The molecule has 7 N–H and O–H groups in total. The Morgan fingerprint density at radius 3 is 0.391 bits per heavy atom. The van der Waals surface area contributed by atoms with Crippen molar-refractivity contribution in [2.24, 2.45) is 0 Å². The Balaban J connectivity index is -0.0000000284. The summed E-state index contributed by atoms with van der Waals surface area (Å²) in [5, 5.41) is 0. The van der Waals surface area contributed by atoms with E-state index in [0.29, 0.717) is 0 Å². The third-order valence-corrected chi connectivity index (χ3v) is 0. The minimum absolute atomic E-state index is 0. The van der Waals surface area contributed by atoms with Crippen LogP contribution in [0.1, 0.15) is 0 Å². The van der Waals surface area contributed by atoms with Crippen LogP contribution in [0.2, 0.25) is 0 Å². The quantitative estimate of drug-likeness (QED) is 0.112. The first-order valence-electron chi connectivity index (χ1n) is 3.40. The molecule has 0 heterocycles. The molecular formula is H7Nd3O16Si4. The third kappa shape index (κ3) is 846. The van der Waals surface area contributed by atoms with Crippen molar-refractivity contribution in [1.29, 1.82) is 0 Å². The molecule has 0 amide bonds. The van der Waals surface area contributed by atoms with Crippen molar-refractivity contribution in [2.75, 3.05) is 0 Å². The molecule has 16 nitrogen and oxygen atoms in total. The summed E-state index contributed by atoms with van der Waals surface area (Å²) in [6.45, 7) is 0. The van der Waals surface area contributed by atoms with Crippen LogP contribution in [0.3, 0.4) is 0 Å². The number of rotatable bonds is 0. The Morgan fingerprint density at radius 1 is 0.391 bits per heavy atom. The van der Waals surface area contributed by atoms with E-state index in [0.717, 1.165) is 0 Å². The fraction of sp³-hybridized carbons (Fsp3) is 0.